The molecule has 4 atom stereocenters. The maximum Gasteiger partial charge on any atom is 0.238 e. The number of nitrogens with zero attached hydrogens (tertiary/aromatic N) is 1. The zero-order valence-electron chi connectivity index (χ0n) is 16.2. The molecule has 0 unspecified atom stereocenters. The molecule has 1 aliphatic carbocycles. The molecule has 0 radical (unpaired) electrons. The van der Waals surface area contributed by atoms with Gasteiger partial charge in [0.2, 0.25) is 11.8 Å². The minimum atomic E-state index is -0.500. The van der Waals surface area contributed by atoms with Gasteiger partial charge in [-0.25, -0.2) is 9.29 Å². The number of hydrogen-bond acceptors (Lipinski definition) is 2. The van der Waals surface area contributed by atoms with Crippen molar-refractivity contribution in [3.05, 3.63) is 114 Å². The molecular weight excluding hydrogens is 377 g/mol. The summed E-state index contributed by atoms with van der Waals surface area (Å²) in [5.41, 5.74) is 2.44. The highest BCUT2D eigenvalue weighted by molar-refractivity contribution is 6.22. The second-order valence-electron chi connectivity index (χ2n) is 7.80. The number of fused-ring (bicyclic) bond motifs is 1. The second-order valence-corrected chi connectivity index (χ2v) is 7.80. The van der Waals surface area contributed by atoms with E-state index in [4.69, 9.17) is 0 Å². The third-order valence-corrected chi connectivity index (χ3v) is 6.15. The van der Waals surface area contributed by atoms with E-state index in [0.717, 1.165) is 11.1 Å². The Morgan fingerprint density at radius 3 is 1.47 bits per heavy atom. The first-order chi connectivity index (χ1) is 14.6. The second kappa shape index (κ2) is 7.38. The minimum absolute atomic E-state index is 0.182. The van der Waals surface area contributed by atoms with Crippen LogP contribution in [0.3, 0.4) is 0 Å². The maximum absolute atomic E-state index is 13.6. The number of carbonyl (C=O) groups excluding carboxylic acids is 2. The molecule has 2 amide bonds. The highest BCUT2D eigenvalue weighted by Gasteiger charge is 2.55. The number of rotatable bonds is 3. The van der Waals surface area contributed by atoms with Crippen molar-refractivity contribution in [1.29, 1.82) is 0 Å². The van der Waals surface area contributed by atoms with E-state index in [1.54, 1.807) is 0 Å². The van der Waals surface area contributed by atoms with Crippen LogP contribution in [0, 0.1) is 17.7 Å². The predicted octanol–water partition coefficient (Wildman–Crippen LogP) is 5.07. The molecule has 0 spiro atoms. The Morgan fingerprint density at radius 1 is 0.600 bits per heavy atom. The van der Waals surface area contributed by atoms with Crippen molar-refractivity contribution in [3.63, 3.8) is 0 Å². The fraction of sp³-hybridized carbons (Fsp3) is 0.154. The molecular formula is C26H20FNO2. The SMILES string of the molecule is O=C1[C@H]2[C@H](C(=O)N1c1ccc(F)cc1)[C@H](c1ccccc1)C=C[C@@H]2c1ccccc1. The molecule has 3 aromatic rings. The molecule has 1 saturated heterocycles. The van der Waals surface area contributed by atoms with Crippen LogP contribution < -0.4 is 4.90 Å². The topological polar surface area (TPSA) is 37.4 Å². The molecule has 0 N–H and O–H groups in total. The number of amides is 2. The summed E-state index contributed by atoms with van der Waals surface area (Å²) in [5.74, 6) is -2.22. The average molecular weight is 397 g/mol. The third kappa shape index (κ3) is 2.96. The molecule has 4 heteroatoms. The Labute approximate surface area is 174 Å². The minimum Gasteiger partial charge on any atom is -0.274 e. The Balaban J connectivity index is 1.63. The molecule has 1 fully saturated rings. The predicted molar refractivity (Wildman–Crippen MR) is 113 cm³/mol. The lowest BCUT2D eigenvalue weighted by atomic mass is 9.68. The molecule has 0 aromatic heterocycles. The van der Waals surface area contributed by atoms with Gasteiger partial charge in [0.25, 0.3) is 0 Å². The number of benzene rings is 3. The molecule has 1 heterocycles. The fourth-order valence-corrected chi connectivity index (χ4v) is 4.78. The highest BCUT2D eigenvalue weighted by atomic mass is 19.1. The number of allylic oxidation sites excluding steroid dienone is 2. The van der Waals surface area contributed by atoms with Crippen molar-refractivity contribution in [2.45, 2.75) is 11.8 Å². The van der Waals surface area contributed by atoms with Gasteiger partial charge in [-0.1, -0.05) is 72.8 Å². The van der Waals surface area contributed by atoms with Gasteiger partial charge in [0.1, 0.15) is 5.82 Å². The Hall–Kier alpha value is -3.53. The van der Waals surface area contributed by atoms with Crippen LogP contribution in [-0.4, -0.2) is 11.8 Å². The van der Waals surface area contributed by atoms with Crippen molar-refractivity contribution in [1.82, 2.24) is 0 Å². The van der Waals surface area contributed by atoms with Crippen LogP contribution in [0.5, 0.6) is 0 Å². The van der Waals surface area contributed by atoms with Crippen LogP contribution >= 0.6 is 0 Å². The van der Waals surface area contributed by atoms with Crippen molar-refractivity contribution < 1.29 is 14.0 Å². The number of hydrogen-bond donors (Lipinski definition) is 0. The van der Waals surface area contributed by atoms with Crippen LogP contribution in [0.1, 0.15) is 23.0 Å². The molecule has 5 rings (SSSR count). The van der Waals surface area contributed by atoms with Gasteiger partial charge < -0.3 is 0 Å². The van der Waals surface area contributed by atoms with Gasteiger partial charge in [-0.15, -0.1) is 0 Å². The molecule has 148 valence electrons. The molecule has 2 aliphatic rings. The van der Waals surface area contributed by atoms with Crippen molar-refractivity contribution in [3.8, 4) is 0 Å². The van der Waals surface area contributed by atoms with Crippen LogP contribution in [0.25, 0.3) is 0 Å². The smallest absolute Gasteiger partial charge is 0.238 e. The Bertz CT molecular complexity index is 1040. The number of carbonyl (C=O) groups is 2. The van der Waals surface area contributed by atoms with Crippen molar-refractivity contribution in [2.24, 2.45) is 11.8 Å². The Morgan fingerprint density at radius 2 is 1.03 bits per heavy atom. The third-order valence-electron chi connectivity index (χ3n) is 6.15. The summed E-state index contributed by atoms with van der Waals surface area (Å²) in [6, 6.07) is 25.2. The van der Waals surface area contributed by atoms with E-state index in [2.05, 4.69) is 12.2 Å². The fourth-order valence-electron chi connectivity index (χ4n) is 4.78. The molecule has 30 heavy (non-hydrogen) atoms. The normalized spacial score (nSPS) is 25.4. The maximum atomic E-state index is 13.6. The van der Waals surface area contributed by atoms with E-state index in [-0.39, 0.29) is 23.7 Å². The summed E-state index contributed by atoms with van der Waals surface area (Å²) in [4.78, 5) is 28.4. The van der Waals surface area contributed by atoms with Gasteiger partial charge in [-0.05, 0) is 35.4 Å². The summed E-state index contributed by atoms with van der Waals surface area (Å²) in [7, 11) is 0. The zero-order valence-corrected chi connectivity index (χ0v) is 16.2. The summed E-state index contributed by atoms with van der Waals surface area (Å²) >= 11 is 0. The van der Waals surface area contributed by atoms with E-state index in [1.807, 2.05) is 60.7 Å². The molecule has 3 nitrogen and oxygen atoms in total. The molecule has 0 bridgehead atoms. The van der Waals surface area contributed by atoms with Gasteiger partial charge in [-0.3, -0.25) is 9.59 Å². The van der Waals surface area contributed by atoms with Gasteiger partial charge in [-0.2, -0.15) is 0 Å². The molecule has 0 saturated carbocycles. The first kappa shape index (κ1) is 18.5. The van der Waals surface area contributed by atoms with E-state index in [9.17, 15) is 14.0 Å². The number of halogens is 1. The van der Waals surface area contributed by atoms with Gasteiger partial charge in [0.05, 0.1) is 17.5 Å². The first-order valence-electron chi connectivity index (χ1n) is 10.1. The van der Waals surface area contributed by atoms with Crippen LogP contribution in [0.2, 0.25) is 0 Å². The summed E-state index contributed by atoms with van der Waals surface area (Å²) in [6.07, 6.45) is 4.13. The van der Waals surface area contributed by atoms with E-state index in [0.29, 0.717) is 5.69 Å². The van der Waals surface area contributed by atoms with Crippen LogP contribution in [0.15, 0.2) is 97.1 Å². The van der Waals surface area contributed by atoms with Gasteiger partial charge in [0, 0.05) is 11.8 Å². The van der Waals surface area contributed by atoms with E-state index >= 15 is 0 Å². The van der Waals surface area contributed by atoms with Crippen LogP contribution in [-0.2, 0) is 9.59 Å². The van der Waals surface area contributed by atoms with E-state index < -0.39 is 17.7 Å². The number of anilines is 1. The van der Waals surface area contributed by atoms with Crippen molar-refractivity contribution >= 4 is 17.5 Å². The quantitative estimate of drug-likeness (QED) is 0.457. The van der Waals surface area contributed by atoms with Gasteiger partial charge in [0.15, 0.2) is 0 Å². The highest BCUT2D eigenvalue weighted by Crippen LogP contribution is 2.50. The summed E-state index contributed by atoms with van der Waals surface area (Å²) in [6.45, 7) is 0. The lowest BCUT2D eigenvalue weighted by Crippen LogP contribution is -2.31. The standard InChI is InChI=1S/C26H20FNO2/c27-19-11-13-20(14-12-19)28-25(29)23-21(17-7-3-1-4-8-17)15-16-22(24(23)26(28)30)18-9-5-2-6-10-18/h1-16,21-24H/t21-,22+,23-,24-/m1/s1. The lowest BCUT2D eigenvalue weighted by Gasteiger charge is -2.32. The summed E-state index contributed by atoms with van der Waals surface area (Å²) in [5, 5.41) is 0. The average Bonchev–Trinajstić information content (AvgIpc) is 3.06. The monoisotopic (exact) mass is 397 g/mol. The molecule has 1 aliphatic heterocycles. The van der Waals surface area contributed by atoms with Crippen LogP contribution in [0.4, 0.5) is 10.1 Å². The molecule has 3 aromatic carbocycles. The van der Waals surface area contributed by atoms with E-state index in [1.165, 1.54) is 29.2 Å². The zero-order chi connectivity index (χ0) is 20.7. The summed E-state index contributed by atoms with van der Waals surface area (Å²) < 4.78 is 13.4. The lowest BCUT2D eigenvalue weighted by molar-refractivity contribution is -0.122. The van der Waals surface area contributed by atoms with Crippen molar-refractivity contribution in [2.75, 3.05) is 4.90 Å². The number of imide groups is 1. The Kier molecular flexibility index (Phi) is 4.55. The first-order valence-corrected chi connectivity index (χ1v) is 10.1. The van der Waals surface area contributed by atoms with Gasteiger partial charge >= 0.3 is 0 Å². The largest absolute Gasteiger partial charge is 0.274 e.